The lowest BCUT2D eigenvalue weighted by atomic mass is 10.1. The van der Waals surface area contributed by atoms with Crippen molar-refractivity contribution in [2.75, 3.05) is 11.0 Å². The molecular formula is C14H11F3N4O2S2. The molecule has 0 fully saturated rings. The highest BCUT2D eigenvalue weighted by Gasteiger charge is 2.31. The second kappa shape index (κ2) is 6.23. The van der Waals surface area contributed by atoms with Gasteiger partial charge in [0.25, 0.3) is 10.0 Å². The molecule has 0 saturated carbocycles. The molecule has 0 amide bonds. The third kappa shape index (κ3) is 3.56. The molecule has 25 heavy (non-hydrogen) atoms. The number of thioether (sulfide) groups is 1. The number of alkyl halides is 3. The van der Waals surface area contributed by atoms with Gasteiger partial charge < -0.3 is 4.98 Å². The number of halogens is 3. The summed E-state index contributed by atoms with van der Waals surface area (Å²) < 4.78 is 65.6. The van der Waals surface area contributed by atoms with Crippen molar-refractivity contribution >= 4 is 38.5 Å². The third-order valence-electron chi connectivity index (χ3n) is 3.35. The average Bonchev–Trinajstić information content (AvgIpc) is 2.97. The zero-order valence-corrected chi connectivity index (χ0v) is 14.3. The summed E-state index contributed by atoms with van der Waals surface area (Å²) in [7, 11) is -4.03. The van der Waals surface area contributed by atoms with Gasteiger partial charge in [-0.2, -0.15) is 13.2 Å². The Bertz CT molecular complexity index is 1030. The smallest absolute Gasteiger partial charge is 0.360 e. The molecule has 3 rings (SSSR count). The minimum atomic E-state index is -4.51. The standard InChI is InChI=1S/C14H11F3N4O2S2/c1-24-13-5-12(19-7-20-13)21-25(22,23)11-6-18-10-4-8(14(15,16)17)2-3-9(10)11/h2-7,18H,1H3,(H,19,20,21). The van der Waals surface area contributed by atoms with Crippen LogP contribution in [-0.4, -0.2) is 29.6 Å². The maximum atomic E-state index is 12.8. The van der Waals surface area contributed by atoms with Crippen molar-refractivity contribution in [3.8, 4) is 0 Å². The van der Waals surface area contributed by atoms with E-state index in [0.717, 1.165) is 24.4 Å². The molecule has 0 aliphatic rings. The van der Waals surface area contributed by atoms with Gasteiger partial charge in [0.2, 0.25) is 0 Å². The summed E-state index contributed by atoms with van der Waals surface area (Å²) in [6.45, 7) is 0. The molecule has 11 heteroatoms. The van der Waals surface area contributed by atoms with E-state index in [-0.39, 0.29) is 21.6 Å². The van der Waals surface area contributed by atoms with Crippen LogP contribution in [0, 0.1) is 0 Å². The van der Waals surface area contributed by atoms with Crippen LogP contribution < -0.4 is 4.72 Å². The lowest BCUT2D eigenvalue weighted by molar-refractivity contribution is -0.137. The fourth-order valence-electron chi connectivity index (χ4n) is 2.20. The van der Waals surface area contributed by atoms with Crippen LogP contribution in [-0.2, 0) is 16.2 Å². The van der Waals surface area contributed by atoms with Crippen LogP contribution in [0.4, 0.5) is 19.0 Å². The first kappa shape index (κ1) is 17.5. The monoisotopic (exact) mass is 388 g/mol. The molecule has 1 aromatic carbocycles. The number of anilines is 1. The molecule has 0 bridgehead atoms. The Morgan fingerprint density at radius 1 is 1.20 bits per heavy atom. The number of aromatic nitrogens is 3. The summed E-state index contributed by atoms with van der Waals surface area (Å²) in [6, 6.07) is 4.28. The van der Waals surface area contributed by atoms with Gasteiger partial charge in [0.05, 0.1) is 5.56 Å². The molecule has 0 aliphatic heterocycles. The summed E-state index contributed by atoms with van der Waals surface area (Å²) in [6.07, 6.45) is -0.372. The first-order valence-electron chi connectivity index (χ1n) is 6.78. The molecule has 0 unspecified atom stereocenters. The van der Waals surface area contributed by atoms with E-state index in [1.807, 2.05) is 0 Å². The number of hydrogen-bond donors (Lipinski definition) is 2. The lowest BCUT2D eigenvalue weighted by Crippen LogP contribution is -2.13. The minimum Gasteiger partial charge on any atom is -0.360 e. The Kier molecular flexibility index (Phi) is 4.37. The quantitative estimate of drug-likeness (QED) is 0.528. The van der Waals surface area contributed by atoms with Gasteiger partial charge in [0, 0.05) is 23.2 Å². The minimum absolute atomic E-state index is 0.0700. The Hall–Kier alpha value is -2.27. The summed E-state index contributed by atoms with van der Waals surface area (Å²) in [5, 5.41) is 0.723. The number of hydrogen-bond acceptors (Lipinski definition) is 5. The van der Waals surface area contributed by atoms with Crippen molar-refractivity contribution in [1.82, 2.24) is 15.0 Å². The Morgan fingerprint density at radius 3 is 2.64 bits per heavy atom. The van der Waals surface area contributed by atoms with E-state index in [2.05, 4.69) is 19.7 Å². The van der Waals surface area contributed by atoms with Crippen molar-refractivity contribution in [3.63, 3.8) is 0 Å². The molecule has 0 aliphatic carbocycles. The van der Waals surface area contributed by atoms with Crippen molar-refractivity contribution in [3.05, 3.63) is 42.4 Å². The number of sulfonamides is 1. The van der Waals surface area contributed by atoms with Crippen molar-refractivity contribution in [2.24, 2.45) is 0 Å². The first-order chi connectivity index (χ1) is 11.7. The number of benzene rings is 1. The molecule has 0 atom stereocenters. The van der Waals surface area contributed by atoms with E-state index in [9.17, 15) is 21.6 Å². The molecule has 0 saturated heterocycles. The molecule has 0 spiro atoms. The van der Waals surface area contributed by atoms with Crippen LogP contribution in [0.15, 0.2) is 46.7 Å². The summed E-state index contributed by atoms with van der Waals surface area (Å²) >= 11 is 1.31. The lowest BCUT2D eigenvalue weighted by Gasteiger charge is -2.08. The molecule has 2 heterocycles. The normalized spacial score (nSPS) is 12.5. The Balaban J connectivity index is 2.00. The van der Waals surface area contributed by atoms with E-state index in [1.54, 1.807) is 6.26 Å². The van der Waals surface area contributed by atoms with Crippen molar-refractivity contribution in [2.45, 2.75) is 16.1 Å². The fourth-order valence-corrected chi connectivity index (χ4v) is 3.76. The summed E-state index contributed by atoms with van der Waals surface area (Å²) in [5.74, 6) is 0.0700. The van der Waals surface area contributed by atoms with Gasteiger partial charge in [0.1, 0.15) is 22.1 Å². The second-order valence-electron chi connectivity index (χ2n) is 4.96. The zero-order valence-electron chi connectivity index (χ0n) is 12.6. The van der Waals surface area contributed by atoms with Crippen LogP contribution in [0.2, 0.25) is 0 Å². The third-order valence-corrected chi connectivity index (χ3v) is 5.39. The number of rotatable bonds is 4. The summed E-state index contributed by atoms with van der Waals surface area (Å²) in [5.41, 5.74) is -0.790. The number of nitrogens with zero attached hydrogens (tertiary/aromatic N) is 2. The van der Waals surface area contributed by atoms with Gasteiger partial charge in [-0.25, -0.2) is 18.4 Å². The highest BCUT2D eigenvalue weighted by molar-refractivity contribution is 7.98. The molecule has 6 nitrogen and oxygen atoms in total. The molecular weight excluding hydrogens is 377 g/mol. The largest absolute Gasteiger partial charge is 0.416 e. The zero-order chi connectivity index (χ0) is 18.2. The van der Waals surface area contributed by atoms with Crippen molar-refractivity contribution in [1.29, 1.82) is 0 Å². The number of H-pyrrole nitrogens is 1. The van der Waals surface area contributed by atoms with E-state index in [1.165, 1.54) is 24.2 Å². The molecule has 2 N–H and O–H groups in total. The highest BCUT2D eigenvalue weighted by Crippen LogP contribution is 2.33. The Morgan fingerprint density at radius 2 is 1.96 bits per heavy atom. The first-order valence-corrected chi connectivity index (χ1v) is 9.49. The summed E-state index contributed by atoms with van der Waals surface area (Å²) in [4.78, 5) is 10.2. The predicted molar refractivity (Wildman–Crippen MR) is 87.9 cm³/mol. The Labute approximate surface area is 144 Å². The van der Waals surface area contributed by atoms with Crippen LogP contribution >= 0.6 is 11.8 Å². The highest BCUT2D eigenvalue weighted by atomic mass is 32.2. The number of aromatic amines is 1. The maximum absolute atomic E-state index is 12.8. The average molecular weight is 388 g/mol. The molecule has 3 aromatic rings. The van der Waals surface area contributed by atoms with Crippen LogP contribution in [0.3, 0.4) is 0 Å². The maximum Gasteiger partial charge on any atom is 0.416 e. The van der Waals surface area contributed by atoms with Gasteiger partial charge in [-0.3, -0.25) is 4.72 Å². The van der Waals surface area contributed by atoms with Crippen molar-refractivity contribution < 1.29 is 21.6 Å². The van der Waals surface area contributed by atoms with Gasteiger partial charge in [0.15, 0.2) is 0 Å². The molecule has 0 radical (unpaired) electrons. The van der Waals surface area contributed by atoms with E-state index < -0.39 is 21.8 Å². The number of fused-ring (bicyclic) bond motifs is 1. The topological polar surface area (TPSA) is 87.7 Å². The van der Waals surface area contributed by atoms with Gasteiger partial charge >= 0.3 is 6.18 Å². The van der Waals surface area contributed by atoms with Gasteiger partial charge in [-0.15, -0.1) is 11.8 Å². The predicted octanol–water partition coefficient (Wildman–Crippen LogP) is 3.50. The van der Waals surface area contributed by atoms with Crippen LogP contribution in [0.1, 0.15) is 5.56 Å². The van der Waals surface area contributed by atoms with Crippen LogP contribution in [0.25, 0.3) is 10.9 Å². The van der Waals surface area contributed by atoms with Gasteiger partial charge in [-0.05, 0) is 18.4 Å². The van der Waals surface area contributed by atoms with E-state index >= 15 is 0 Å². The van der Waals surface area contributed by atoms with Crippen LogP contribution in [0.5, 0.6) is 0 Å². The van der Waals surface area contributed by atoms with E-state index in [4.69, 9.17) is 0 Å². The molecule has 2 aromatic heterocycles. The second-order valence-corrected chi connectivity index (χ2v) is 7.44. The van der Waals surface area contributed by atoms with E-state index in [0.29, 0.717) is 5.03 Å². The van der Waals surface area contributed by atoms with Gasteiger partial charge in [-0.1, -0.05) is 6.07 Å². The SMILES string of the molecule is CSc1cc(NS(=O)(=O)c2c[nH]c3cc(C(F)(F)F)ccc23)ncn1. The number of nitrogens with one attached hydrogen (secondary N) is 2. The fraction of sp³-hybridized carbons (Fsp3) is 0.143. The molecule has 132 valence electrons.